The lowest BCUT2D eigenvalue weighted by Gasteiger charge is -2.10. The highest BCUT2D eigenvalue weighted by Crippen LogP contribution is 2.38. The van der Waals surface area contributed by atoms with Crippen LogP contribution < -0.4 is 4.74 Å². The molecule has 0 spiro atoms. The second-order valence-corrected chi connectivity index (χ2v) is 7.72. The van der Waals surface area contributed by atoms with Gasteiger partial charge < -0.3 is 14.4 Å². The van der Waals surface area contributed by atoms with E-state index in [0.717, 1.165) is 5.56 Å². The van der Waals surface area contributed by atoms with Crippen LogP contribution in [0.2, 0.25) is 15.1 Å². The van der Waals surface area contributed by atoms with Crippen LogP contribution >= 0.6 is 34.8 Å². The molecule has 0 aliphatic heterocycles. The molecule has 1 N–H and O–H groups in total. The molecule has 0 radical (unpaired) electrons. The highest BCUT2D eigenvalue weighted by Gasteiger charge is 2.25. The fourth-order valence-corrected chi connectivity index (χ4v) is 3.59. The lowest BCUT2D eigenvalue weighted by atomic mass is 10.2. The summed E-state index contributed by atoms with van der Waals surface area (Å²) < 4.78 is 7.69. The summed E-state index contributed by atoms with van der Waals surface area (Å²) in [5.41, 5.74) is 1.64. The fraction of sp³-hybridized carbons (Fsp3) is 0.0455. The van der Waals surface area contributed by atoms with Crippen molar-refractivity contribution >= 4 is 51.7 Å². The normalized spacial score (nSPS) is 11.0. The zero-order valence-electron chi connectivity index (χ0n) is 14.9. The number of halogens is 3. The molecule has 1 aromatic heterocycles. The largest absolute Gasteiger partial charge is 0.476 e. The number of aromatic nitrogens is 1. The predicted molar refractivity (Wildman–Crippen MR) is 116 cm³/mol. The number of hydrogen-bond acceptors (Lipinski definition) is 2. The van der Waals surface area contributed by atoms with E-state index < -0.39 is 5.97 Å². The van der Waals surface area contributed by atoms with E-state index in [2.05, 4.69) is 0 Å². The Hall–Kier alpha value is -2.66. The van der Waals surface area contributed by atoms with E-state index in [0.29, 0.717) is 38.3 Å². The maximum atomic E-state index is 12.2. The Kier molecular flexibility index (Phi) is 5.41. The molecular weight excluding hydrogens is 433 g/mol. The van der Waals surface area contributed by atoms with Crippen molar-refractivity contribution in [3.8, 4) is 11.5 Å². The molecule has 0 unspecified atom stereocenters. The van der Waals surface area contributed by atoms with Gasteiger partial charge in [-0.15, -0.1) is 0 Å². The van der Waals surface area contributed by atoms with E-state index in [1.54, 1.807) is 59.2 Å². The van der Waals surface area contributed by atoms with Crippen LogP contribution in [0.3, 0.4) is 0 Å². The lowest BCUT2D eigenvalue weighted by molar-refractivity contribution is 0.0683. The molecule has 0 atom stereocenters. The monoisotopic (exact) mass is 445 g/mol. The van der Waals surface area contributed by atoms with E-state index in [1.165, 1.54) is 0 Å². The number of rotatable bonds is 5. The molecule has 0 fully saturated rings. The van der Waals surface area contributed by atoms with Crippen LogP contribution in [0.1, 0.15) is 16.1 Å². The van der Waals surface area contributed by atoms with Crippen LogP contribution in [0.15, 0.2) is 66.7 Å². The van der Waals surface area contributed by atoms with E-state index >= 15 is 0 Å². The zero-order valence-corrected chi connectivity index (χ0v) is 17.2. The quantitative estimate of drug-likeness (QED) is 0.354. The average Bonchev–Trinajstić information content (AvgIpc) is 2.98. The molecule has 146 valence electrons. The van der Waals surface area contributed by atoms with Gasteiger partial charge in [-0.25, -0.2) is 4.79 Å². The number of carboxylic acids is 1. The highest BCUT2D eigenvalue weighted by molar-refractivity contribution is 6.31. The first-order valence-corrected chi connectivity index (χ1v) is 9.78. The number of carboxylic acid groups (broad SMARTS) is 1. The van der Waals surface area contributed by atoms with Crippen molar-refractivity contribution in [3.05, 3.63) is 93.1 Å². The number of fused-ring (bicyclic) bond motifs is 1. The number of carbonyl (C=O) groups is 1. The third-order valence-electron chi connectivity index (χ3n) is 4.47. The van der Waals surface area contributed by atoms with Crippen LogP contribution in [-0.2, 0) is 6.54 Å². The Morgan fingerprint density at radius 3 is 2.07 bits per heavy atom. The fourth-order valence-electron chi connectivity index (χ4n) is 3.17. The van der Waals surface area contributed by atoms with Crippen molar-refractivity contribution in [3.63, 3.8) is 0 Å². The van der Waals surface area contributed by atoms with Gasteiger partial charge in [0.1, 0.15) is 5.75 Å². The average molecular weight is 447 g/mol. The molecule has 0 bridgehead atoms. The molecule has 0 saturated carbocycles. The lowest BCUT2D eigenvalue weighted by Crippen LogP contribution is -2.10. The van der Waals surface area contributed by atoms with Gasteiger partial charge in [0.15, 0.2) is 11.4 Å². The van der Waals surface area contributed by atoms with Gasteiger partial charge in [0.2, 0.25) is 0 Å². The van der Waals surface area contributed by atoms with Crippen molar-refractivity contribution in [1.82, 2.24) is 4.57 Å². The number of ether oxygens (including phenoxy) is 1. The van der Waals surface area contributed by atoms with Gasteiger partial charge >= 0.3 is 5.97 Å². The van der Waals surface area contributed by atoms with Gasteiger partial charge in [-0.2, -0.15) is 0 Å². The van der Waals surface area contributed by atoms with Crippen LogP contribution in [0.5, 0.6) is 11.5 Å². The molecule has 0 aliphatic carbocycles. The molecule has 0 saturated heterocycles. The Bertz CT molecular complexity index is 1200. The highest BCUT2D eigenvalue weighted by atomic mass is 35.5. The number of benzene rings is 3. The minimum absolute atomic E-state index is 0.0344. The predicted octanol–water partition coefficient (Wildman–Crippen LogP) is 7.14. The van der Waals surface area contributed by atoms with Gasteiger partial charge in [0.25, 0.3) is 0 Å². The smallest absolute Gasteiger partial charge is 0.356 e. The number of aromatic carboxylic acids is 1. The van der Waals surface area contributed by atoms with Crippen molar-refractivity contribution < 1.29 is 14.6 Å². The van der Waals surface area contributed by atoms with Gasteiger partial charge in [0.05, 0.1) is 5.52 Å². The summed E-state index contributed by atoms with van der Waals surface area (Å²) in [6, 6.07) is 19.2. The first-order valence-electron chi connectivity index (χ1n) is 8.65. The van der Waals surface area contributed by atoms with E-state index in [4.69, 9.17) is 39.5 Å². The Balaban J connectivity index is 1.90. The summed E-state index contributed by atoms with van der Waals surface area (Å²) in [5.74, 6) is -0.399. The molecule has 4 aromatic rings. The summed E-state index contributed by atoms with van der Waals surface area (Å²) in [6.45, 7) is 0.334. The Labute approximate surface area is 181 Å². The SMILES string of the molecule is O=C(O)c1c(Oc2ccc(Cl)cc2)c2cc(Cl)ccc2n1Cc1ccc(Cl)cc1. The third kappa shape index (κ3) is 4.06. The van der Waals surface area contributed by atoms with Crippen LogP contribution in [0, 0.1) is 0 Å². The molecular formula is C22H14Cl3NO3. The van der Waals surface area contributed by atoms with Crippen molar-refractivity contribution in [2.45, 2.75) is 6.54 Å². The molecule has 0 amide bonds. The first kappa shape index (κ1) is 19.6. The van der Waals surface area contributed by atoms with Crippen LogP contribution in [0.4, 0.5) is 0 Å². The summed E-state index contributed by atoms with van der Waals surface area (Å²) in [5, 5.41) is 12.3. The van der Waals surface area contributed by atoms with E-state index in [9.17, 15) is 9.90 Å². The maximum absolute atomic E-state index is 12.2. The molecule has 4 nitrogen and oxygen atoms in total. The minimum atomic E-state index is -1.10. The summed E-state index contributed by atoms with van der Waals surface area (Å²) >= 11 is 18.1. The second kappa shape index (κ2) is 7.99. The summed E-state index contributed by atoms with van der Waals surface area (Å²) in [6.07, 6.45) is 0. The Morgan fingerprint density at radius 2 is 1.45 bits per heavy atom. The van der Waals surface area contributed by atoms with Gasteiger partial charge in [0, 0.05) is 27.0 Å². The minimum Gasteiger partial charge on any atom is -0.476 e. The second-order valence-electron chi connectivity index (χ2n) is 6.41. The van der Waals surface area contributed by atoms with Gasteiger partial charge in [-0.3, -0.25) is 0 Å². The van der Waals surface area contributed by atoms with E-state index in [-0.39, 0.29) is 11.4 Å². The van der Waals surface area contributed by atoms with Crippen LogP contribution in [-0.4, -0.2) is 15.6 Å². The van der Waals surface area contributed by atoms with Crippen LogP contribution in [0.25, 0.3) is 10.9 Å². The number of hydrogen-bond donors (Lipinski definition) is 1. The molecule has 1 heterocycles. The van der Waals surface area contributed by atoms with Gasteiger partial charge in [-0.1, -0.05) is 46.9 Å². The molecule has 3 aromatic carbocycles. The topological polar surface area (TPSA) is 51.5 Å². The Morgan fingerprint density at radius 1 is 0.862 bits per heavy atom. The maximum Gasteiger partial charge on any atom is 0.356 e. The molecule has 29 heavy (non-hydrogen) atoms. The van der Waals surface area contributed by atoms with Crippen molar-refractivity contribution in [2.75, 3.05) is 0 Å². The standard InChI is InChI=1S/C22H14Cl3NO3/c23-14-3-1-13(2-4-14)12-26-19-10-7-16(25)11-18(19)21(20(26)22(27)28)29-17-8-5-15(24)6-9-17/h1-11H,12H2,(H,27,28). The van der Waals surface area contributed by atoms with Crippen molar-refractivity contribution in [1.29, 1.82) is 0 Å². The molecule has 4 rings (SSSR count). The number of nitrogens with zero attached hydrogens (tertiary/aromatic N) is 1. The zero-order chi connectivity index (χ0) is 20.5. The van der Waals surface area contributed by atoms with Crippen molar-refractivity contribution in [2.24, 2.45) is 0 Å². The van der Waals surface area contributed by atoms with E-state index in [1.807, 2.05) is 12.1 Å². The first-order chi connectivity index (χ1) is 13.9. The summed E-state index contributed by atoms with van der Waals surface area (Å²) in [7, 11) is 0. The molecule has 7 heteroatoms. The van der Waals surface area contributed by atoms with Gasteiger partial charge in [-0.05, 0) is 60.2 Å². The molecule has 0 aliphatic rings. The summed E-state index contributed by atoms with van der Waals surface area (Å²) in [4.78, 5) is 12.2. The third-order valence-corrected chi connectivity index (χ3v) is 5.21.